The average Bonchev–Trinajstić information content (AvgIpc) is 2.98. The minimum Gasteiger partial charge on any atom is -0.392 e. The van der Waals surface area contributed by atoms with Crippen LogP contribution in [0.2, 0.25) is 0 Å². The van der Waals surface area contributed by atoms with Crippen molar-refractivity contribution in [3.63, 3.8) is 0 Å². The quantitative estimate of drug-likeness (QED) is 0.864. The van der Waals surface area contributed by atoms with Gasteiger partial charge in [-0.05, 0) is 50.2 Å². The molecule has 1 N–H and O–H groups in total. The summed E-state index contributed by atoms with van der Waals surface area (Å²) in [6.07, 6.45) is 2.76. The number of aliphatic hydroxyl groups is 1. The fourth-order valence-electron chi connectivity index (χ4n) is 3.56. The van der Waals surface area contributed by atoms with Gasteiger partial charge in [-0.3, -0.25) is 4.18 Å². The summed E-state index contributed by atoms with van der Waals surface area (Å²) < 4.78 is 29.4. The van der Waals surface area contributed by atoms with Crippen molar-refractivity contribution in [1.29, 1.82) is 0 Å². The number of benzene rings is 1. The summed E-state index contributed by atoms with van der Waals surface area (Å²) in [7, 11) is -3.72. The molecule has 2 fully saturated rings. The molecular formula is C15H20O4S. The molecule has 2 aliphatic carbocycles. The van der Waals surface area contributed by atoms with Crippen LogP contribution >= 0.6 is 0 Å². The Kier molecular flexibility index (Phi) is 3.60. The zero-order chi connectivity index (χ0) is 14.3. The van der Waals surface area contributed by atoms with E-state index in [0.29, 0.717) is 11.8 Å². The van der Waals surface area contributed by atoms with Crippen LogP contribution in [0.15, 0.2) is 29.2 Å². The summed E-state index contributed by atoms with van der Waals surface area (Å²) >= 11 is 0. The predicted molar refractivity (Wildman–Crippen MR) is 74.6 cm³/mol. The van der Waals surface area contributed by atoms with E-state index in [1.165, 1.54) is 0 Å². The standard InChI is InChI=1S/C15H20O4S/c1-10-2-6-13(7-3-10)20(17,18)19-9-14-11-4-5-12(8-11)15(14)16/h2-3,6-7,11-12,14-16H,4-5,8-9H2,1H3/t11-,12+,14-,15+/m1/s1. The van der Waals surface area contributed by atoms with E-state index in [9.17, 15) is 13.5 Å². The van der Waals surface area contributed by atoms with Crippen LogP contribution < -0.4 is 0 Å². The second-order valence-corrected chi connectivity index (χ2v) is 7.65. The highest BCUT2D eigenvalue weighted by Crippen LogP contribution is 2.48. The van der Waals surface area contributed by atoms with Crippen molar-refractivity contribution in [3.8, 4) is 0 Å². The van der Waals surface area contributed by atoms with E-state index in [4.69, 9.17) is 4.18 Å². The number of rotatable bonds is 4. The van der Waals surface area contributed by atoms with Gasteiger partial charge in [0.15, 0.2) is 0 Å². The van der Waals surface area contributed by atoms with Gasteiger partial charge in [0.25, 0.3) is 10.1 Å². The number of aryl methyl sites for hydroxylation is 1. The molecule has 0 spiro atoms. The van der Waals surface area contributed by atoms with E-state index in [-0.39, 0.29) is 17.4 Å². The highest BCUT2D eigenvalue weighted by molar-refractivity contribution is 7.86. The molecule has 0 heterocycles. The van der Waals surface area contributed by atoms with Crippen LogP contribution in [0, 0.1) is 24.7 Å². The summed E-state index contributed by atoms with van der Waals surface area (Å²) in [5, 5.41) is 10.1. The van der Waals surface area contributed by atoms with Gasteiger partial charge in [-0.1, -0.05) is 17.7 Å². The Labute approximate surface area is 119 Å². The van der Waals surface area contributed by atoms with E-state index < -0.39 is 16.2 Å². The van der Waals surface area contributed by atoms with Crippen molar-refractivity contribution in [2.45, 2.75) is 37.2 Å². The van der Waals surface area contributed by atoms with E-state index in [1.54, 1.807) is 24.3 Å². The fourth-order valence-corrected chi connectivity index (χ4v) is 4.50. The molecule has 2 bridgehead atoms. The summed E-state index contributed by atoms with van der Waals surface area (Å²) in [4.78, 5) is 0.181. The molecule has 4 atom stereocenters. The largest absolute Gasteiger partial charge is 0.392 e. The number of fused-ring (bicyclic) bond motifs is 2. The summed E-state index contributed by atoms with van der Waals surface area (Å²) in [5.74, 6) is 0.730. The van der Waals surface area contributed by atoms with Crippen LogP contribution in [0.3, 0.4) is 0 Å². The smallest absolute Gasteiger partial charge is 0.296 e. The second kappa shape index (κ2) is 5.13. The molecule has 0 radical (unpaired) electrons. The van der Waals surface area contributed by atoms with Crippen LogP contribution in [0.1, 0.15) is 24.8 Å². The molecule has 0 amide bonds. The first-order valence-corrected chi connectivity index (χ1v) is 8.52. The molecule has 0 unspecified atom stereocenters. The van der Waals surface area contributed by atoms with Gasteiger partial charge < -0.3 is 5.11 Å². The molecule has 2 saturated carbocycles. The summed E-state index contributed by atoms with van der Waals surface area (Å²) in [6.45, 7) is 2.00. The lowest BCUT2D eigenvalue weighted by Gasteiger charge is -2.26. The molecule has 0 saturated heterocycles. The molecule has 0 aliphatic heterocycles. The predicted octanol–water partition coefficient (Wildman–Crippen LogP) is 2.11. The van der Waals surface area contributed by atoms with Crippen LogP contribution in [-0.4, -0.2) is 26.2 Å². The zero-order valence-corrected chi connectivity index (χ0v) is 12.3. The first-order chi connectivity index (χ1) is 9.47. The Bertz CT molecular complexity index is 576. The van der Waals surface area contributed by atoms with Crippen molar-refractivity contribution in [2.75, 3.05) is 6.61 Å². The lowest BCUT2D eigenvalue weighted by Crippen LogP contribution is -2.31. The number of hydrogen-bond donors (Lipinski definition) is 1. The average molecular weight is 296 g/mol. The Morgan fingerprint density at radius 3 is 2.45 bits per heavy atom. The SMILES string of the molecule is Cc1ccc(S(=O)(=O)OC[C@@H]2[C@@H]3CC[C@@H](C3)[C@@H]2O)cc1. The van der Waals surface area contributed by atoms with E-state index in [0.717, 1.165) is 24.8 Å². The van der Waals surface area contributed by atoms with Gasteiger partial charge in [0.2, 0.25) is 0 Å². The molecule has 4 nitrogen and oxygen atoms in total. The summed E-state index contributed by atoms with van der Waals surface area (Å²) in [6, 6.07) is 6.62. The molecule has 0 aromatic heterocycles. The highest BCUT2D eigenvalue weighted by Gasteiger charge is 2.47. The van der Waals surface area contributed by atoms with Gasteiger partial charge >= 0.3 is 0 Å². The first kappa shape index (κ1) is 14.0. The molecule has 1 aromatic carbocycles. The molecule has 2 aliphatic rings. The third-order valence-corrected chi connectivity index (χ3v) is 6.06. The van der Waals surface area contributed by atoms with Crippen LogP contribution in [-0.2, 0) is 14.3 Å². The van der Waals surface area contributed by atoms with Gasteiger partial charge in [0, 0.05) is 5.92 Å². The molecule has 110 valence electrons. The third kappa shape index (κ3) is 2.50. The monoisotopic (exact) mass is 296 g/mol. The molecule has 3 rings (SSSR count). The van der Waals surface area contributed by atoms with Gasteiger partial charge in [0.1, 0.15) is 0 Å². The van der Waals surface area contributed by atoms with Crippen LogP contribution in [0.25, 0.3) is 0 Å². The highest BCUT2D eigenvalue weighted by atomic mass is 32.2. The maximum absolute atomic E-state index is 12.1. The molecule has 20 heavy (non-hydrogen) atoms. The normalized spacial score (nSPS) is 32.7. The van der Waals surface area contributed by atoms with Gasteiger partial charge in [0.05, 0.1) is 17.6 Å². The van der Waals surface area contributed by atoms with E-state index in [2.05, 4.69) is 0 Å². The Morgan fingerprint density at radius 2 is 1.85 bits per heavy atom. The van der Waals surface area contributed by atoms with Crippen LogP contribution in [0.5, 0.6) is 0 Å². The minimum absolute atomic E-state index is 0.0334. The van der Waals surface area contributed by atoms with Crippen molar-refractivity contribution >= 4 is 10.1 Å². The second-order valence-electron chi connectivity index (χ2n) is 6.04. The zero-order valence-electron chi connectivity index (χ0n) is 11.5. The molecule has 1 aromatic rings. The maximum Gasteiger partial charge on any atom is 0.296 e. The third-order valence-electron chi connectivity index (χ3n) is 4.77. The lowest BCUT2D eigenvalue weighted by molar-refractivity contribution is 0.0350. The topological polar surface area (TPSA) is 63.6 Å². The Balaban J connectivity index is 1.67. The van der Waals surface area contributed by atoms with Gasteiger partial charge in [-0.25, -0.2) is 0 Å². The summed E-state index contributed by atoms with van der Waals surface area (Å²) in [5.41, 5.74) is 1.01. The lowest BCUT2D eigenvalue weighted by atomic mass is 9.87. The van der Waals surface area contributed by atoms with Crippen molar-refractivity contribution < 1.29 is 17.7 Å². The number of hydrogen-bond acceptors (Lipinski definition) is 4. The van der Waals surface area contributed by atoms with Crippen LogP contribution in [0.4, 0.5) is 0 Å². The van der Waals surface area contributed by atoms with E-state index >= 15 is 0 Å². The minimum atomic E-state index is -3.72. The van der Waals surface area contributed by atoms with Crippen molar-refractivity contribution in [2.24, 2.45) is 17.8 Å². The number of aliphatic hydroxyl groups excluding tert-OH is 1. The Hall–Kier alpha value is -0.910. The van der Waals surface area contributed by atoms with Gasteiger partial charge in [-0.2, -0.15) is 8.42 Å². The van der Waals surface area contributed by atoms with Gasteiger partial charge in [-0.15, -0.1) is 0 Å². The Morgan fingerprint density at radius 1 is 1.20 bits per heavy atom. The molecular weight excluding hydrogens is 276 g/mol. The van der Waals surface area contributed by atoms with Crippen molar-refractivity contribution in [1.82, 2.24) is 0 Å². The molecule has 5 heteroatoms. The fraction of sp³-hybridized carbons (Fsp3) is 0.600. The first-order valence-electron chi connectivity index (χ1n) is 7.11. The van der Waals surface area contributed by atoms with E-state index in [1.807, 2.05) is 6.92 Å². The maximum atomic E-state index is 12.1. The van der Waals surface area contributed by atoms with Crippen molar-refractivity contribution in [3.05, 3.63) is 29.8 Å².